The molecule has 1 aromatic carbocycles. The SMILES string of the molecule is CCOC(=O)C(O)C(O)c1[nH]nc2ccc([N+](=O)[O-])cc12. The lowest BCUT2D eigenvalue weighted by Gasteiger charge is -2.15. The van der Waals surface area contributed by atoms with Gasteiger partial charge in [-0.2, -0.15) is 5.10 Å². The first kappa shape index (κ1) is 14.9. The largest absolute Gasteiger partial charge is 0.464 e. The maximum atomic E-state index is 11.4. The summed E-state index contributed by atoms with van der Waals surface area (Å²) in [6.07, 6.45) is -3.44. The van der Waals surface area contributed by atoms with Crippen molar-refractivity contribution in [1.82, 2.24) is 10.2 Å². The number of hydrogen-bond donors (Lipinski definition) is 3. The van der Waals surface area contributed by atoms with Crippen LogP contribution in [0.3, 0.4) is 0 Å². The van der Waals surface area contributed by atoms with Crippen LogP contribution in [0.1, 0.15) is 18.7 Å². The fourth-order valence-corrected chi connectivity index (χ4v) is 1.87. The molecule has 0 radical (unpaired) electrons. The number of H-pyrrole nitrogens is 1. The molecule has 1 aromatic heterocycles. The molecule has 0 saturated carbocycles. The predicted octanol–water partition coefficient (Wildman–Crippen LogP) is 0.428. The molecule has 2 unspecified atom stereocenters. The molecule has 2 atom stereocenters. The number of fused-ring (bicyclic) bond motifs is 1. The minimum atomic E-state index is -1.81. The molecule has 0 bridgehead atoms. The van der Waals surface area contributed by atoms with Gasteiger partial charge in [0.15, 0.2) is 6.10 Å². The van der Waals surface area contributed by atoms with Crippen LogP contribution in [0.2, 0.25) is 0 Å². The smallest absolute Gasteiger partial charge is 0.338 e. The van der Waals surface area contributed by atoms with Crippen molar-refractivity contribution in [2.24, 2.45) is 0 Å². The number of carbonyl (C=O) groups is 1. The summed E-state index contributed by atoms with van der Waals surface area (Å²) >= 11 is 0. The summed E-state index contributed by atoms with van der Waals surface area (Å²) in [5.41, 5.74) is 0.183. The Hall–Kier alpha value is -2.52. The third-order valence-electron chi connectivity index (χ3n) is 2.90. The van der Waals surface area contributed by atoms with Crippen LogP contribution in [0.4, 0.5) is 5.69 Å². The van der Waals surface area contributed by atoms with Gasteiger partial charge in [-0.3, -0.25) is 15.2 Å². The quantitative estimate of drug-likeness (QED) is 0.413. The van der Waals surface area contributed by atoms with Gasteiger partial charge in [-0.15, -0.1) is 0 Å². The number of carbonyl (C=O) groups excluding carboxylic acids is 1. The van der Waals surface area contributed by atoms with Crippen molar-refractivity contribution < 1.29 is 24.7 Å². The Morgan fingerprint density at radius 3 is 2.86 bits per heavy atom. The fourth-order valence-electron chi connectivity index (χ4n) is 1.87. The first-order valence-electron chi connectivity index (χ1n) is 6.11. The first-order chi connectivity index (χ1) is 9.95. The average Bonchev–Trinajstić information content (AvgIpc) is 2.88. The van der Waals surface area contributed by atoms with Crippen LogP contribution in [-0.4, -0.2) is 44.0 Å². The number of nitro benzene ring substituents is 1. The van der Waals surface area contributed by atoms with Crippen LogP contribution >= 0.6 is 0 Å². The summed E-state index contributed by atoms with van der Waals surface area (Å²) in [6, 6.07) is 3.87. The third kappa shape index (κ3) is 2.83. The van der Waals surface area contributed by atoms with Crippen molar-refractivity contribution in [3.05, 3.63) is 34.0 Å². The number of ether oxygens (including phenoxy) is 1. The van der Waals surface area contributed by atoms with Crippen LogP contribution < -0.4 is 0 Å². The Kier molecular flexibility index (Phi) is 4.15. The molecule has 3 N–H and O–H groups in total. The summed E-state index contributed by atoms with van der Waals surface area (Å²) in [4.78, 5) is 21.6. The highest BCUT2D eigenvalue weighted by atomic mass is 16.6. The highest BCUT2D eigenvalue weighted by molar-refractivity contribution is 5.85. The van der Waals surface area contributed by atoms with Crippen LogP contribution in [0, 0.1) is 10.1 Å². The van der Waals surface area contributed by atoms with Gasteiger partial charge in [0.05, 0.1) is 22.7 Å². The average molecular weight is 295 g/mol. The highest BCUT2D eigenvalue weighted by Crippen LogP contribution is 2.27. The second-order valence-corrected chi connectivity index (χ2v) is 4.24. The van der Waals surface area contributed by atoms with Gasteiger partial charge in [-0.05, 0) is 13.0 Å². The molecule has 2 aromatic rings. The monoisotopic (exact) mass is 295 g/mol. The molecule has 0 aliphatic rings. The molecular weight excluding hydrogens is 282 g/mol. The molecule has 112 valence electrons. The van der Waals surface area contributed by atoms with E-state index < -0.39 is 23.1 Å². The Morgan fingerprint density at radius 2 is 2.24 bits per heavy atom. The summed E-state index contributed by atoms with van der Waals surface area (Å²) in [5.74, 6) is -0.988. The van der Waals surface area contributed by atoms with E-state index >= 15 is 0 Å². The molecule has 0 fully saturated rings. The van der Waals surface area contributed by atoms with E-state index in [1.165, 1.54) is 18.2 Å². The van der Waals surface area contributed by atoms with E-state index in [0.29, 0.717) is 5.52 Å². The maximum Gasteiger partial charge on any atom is 0.338 e. The molecule has 9 heteroatoms. The van der Waals surface area contributed by atoms with E-state index in [2.05, 4.69) is 14.9 Å². The van der Waals surface area contributed by atoms with Crippen molar-refractivity contribution >= 4 is 22.6 Å². The lowest BCUT2D eigenvalue weighted by molar-refractivity contribution is -0.384. The highest BCUT2D eigenvalue weighted by Gasteiger charge is 2.30. The molecule has 0 aliphatic heterocycles. The van der Waals surface area contributed by atoms with E-state index in [1.54, 1.807) is 6.92 Å². The number of aromatic amines is 1. The molecule has 1 heterocycles. The summed E-state index contributed by atoms with van der Waals surface area (Å²) < 4.78 is 4.61. The number of aromatic nitrogens is 2. The second-order valence-electron chi connectivity index (χ2n) is 4.24. The molecule has 2 rings (SSSR count). The normalized spacial score (nSPS) is 13.9. The van der Waals surface area contributed by atoms with Crippen molar-refractivity contribution in [2.75, 3.05) is 6.61 Å². The number of aliphatic hydroxyl groups excluding tert-OH is 2. The van der Waals surface area contributed by atoms with Crippen LogP contribution in [-0.2, 0) is 9.53 Å². The standard InChI is InChI=1S/C12H13N3O6/c1-2-21-12(18)11(17)10(16)9-7-5-6(15(19)20)3-4-8(7)13-14-9/h3-5,10-11,16-17H,2H2,1H3,(H,13,14). The number of hydrogen-bond acceptors (Lipinski definition) is 7. The summed E-state index contributed by atoms with van der Waals surface area (Å²) in [5, 5.41) is 37.1. The van der Waals surface area contributed by atoms with E-state index in [4.69, 9.17) is 0 Å². The van der Waals surface area contributed by atoms with Gasteiger partial charge in [-0.25, -0.2) is 4.79 Å². The van der Waals surface area contributed by atoms with Crippen molar-refractivity contribution in [2.45, 2.75) is 19.1 Å². The molecular formula is C12H13N3O6. The number of non-ortho nitro benzene ring substituents is 1. The van der Waals surface area contributed by atoms with Crippen molar-refractivity contribution in [1.29, 1.82) is 0 Å². The van der Waals surface area contributed by atoms with E-state index in [-0.39, 0.29) is 23.4 Å². The summed E-state index contributed by atoms with van der Waals surface area (Å²) in [7, 11) is 0. The molecule has 9 nitrogen and oxygen atoms in total. The molecule has 0 amide bonds. The predicted molar refractivity (Wildman–Crippen MR) is 70.3 cm³/mol. The van der Waals surface area contributed by atoms with Gasteiger partial charge >= 0.3 is 5.97 Å². The van der Waals surface area contributed by atoms with Crippen LogP contribution in [0.5, 0.6) is 0 Å². The Labute approximate surface area is 118 Å². The van der Waals surface area contributed by atoms with Gasteiger partial charge in [0.25, 0.3) is 5.69 Å². The zero-order valence-electron chi connectivity index (χ0n) is 11.0. The van der Waals surface area contributed by atoms with E-state index in [0.717, 1.165) is 0 Å². The fraction of sp³-hybridized carbons (Fsp3) is 0.333. The zero-order chi connectivity index (χ0) is 15.6. The Morgan fingerprint density at radius 1 is 1.52 bits per heavy atom. The minimum absolute atomic E-state index is 0.00857. The van der Waals surface area contributed by atoms with E-state index in [9.17, 15) is 25.1 Å². The van der Waals surface area contributed by atoms with Crippen molar-refractivity contribution in [3.8, 4) is 0 Å². The minimum Gasteiger partial charge on any atom is -0.464 e. The molecule has 0 aliphatic carbocycles. The van der Waals surface area contributed by atoms with E-state index in [1.807, 2.05) is 0 Å². The van der Waals surface area contributed by atoms with Gasteiger partial charge in [0, 0.05) is 17.5 Å². The molecule has 0 saturated heterocycles. The Bertz CT molecular complexity index is 683. The number of aliphatic hydroxyl groups is 2. The van der Waals surface area contributed by atoms with Crippen LogP contribution in [0.25, 0.3) is 10.9 Å². The number of rotatable bonds is 5. The second kappa shape index (κ2) is 5.85. The van der Waals surface area contributed by atoms with Gasteiger partial charge in [-0.1, -0.05) is 0 Å². The zero-order valence-corrected chi connectivity index (χ0v) is 11.0. The van der Waals surface area contributed by atoms with Gasteiger partial charge in [0.1, 0.15) is 6.10 Å². The lowest BCUT2D eigenvalue weighted by Crippen LogP contribution is -2.30. The third-order valence-corrected chi connectivity index (χ3v) is 2.90. The molecule has 21 heavy (non-hydrogen) atoms. The maximum absolute atomic E-state index is 11.4. The lowest BCUT2D eigenvalue weighted by atomic mass is 10.1. The number of esters is 1. The summed E-state index contributed by atoms with van der Waals surface area (Å²) in [6.45, 7) is 1.61. The number of benzene rings is 1. The number of nitro groups is 1. The molecule has 0 spiro atoms. The van der Waals surface area contributed by atoms with Gasteiger partial charge in [0.2, 0.25) is 0 Å². The Balaban J connectivity index is 2.39. The van der Waals surface area contributed by atoms with Crippen LogP contribution in [0.15, 0.2) is 18.2 Å². The number of nitrogens with one attached hydrogen (secondary N) is 1. The van der Waals surface area contributed by atoms with Crippen molar-refractivity contribution in [3.63, 3.8) is 0 Å². The number of nitrogens with zero attached hydrogens (tertiary/aromatic N) is 2. The first-order valence-corrected chi connectivity index (χ1v) is 6.11. The topological polar surface area (TPSA) is 139 Å². The van der Waals surface area contributed by atoms with Gasteiger partial charge < -0.3 is 14.9 Å².